The van der Waals surface area contributed by atoms with Gasteiger partial charge in [-0.25, -0.2) is 9.97 Å². The van der Waals surface area contributed by atoms with Crippen LogP contribution in [0.3, 0.4) is 0 Å². The molecule has 3 aromatic rings. The number of alkyl halides is 9. The van der Waals surface area contributed by atoms with Crippen LogP contribution in [0.15, 0.2) is 33.9 Å². The third-order valence-electron chi connectivity index (χ3n) is 3.76. The van der Waals surface area contributed by atoms with Crippen molar-refractivity contribution in [2.45, 2.75) is 36.4 Å². The van der Waals surface area contributed by atoms with E-state index in [-0.39, 0.29) is 28.5 Å². The Bertz CT molecular complexity index is 1090. The molecule has 1 aromatic carbocycles. The number of hydrogen-bond acceptors (Lipinski definition) is 6. The highest BCUT2D eigenvalue weighted by molar-refractivity contribution is 7.98. The van der Waals surface area contributed by atoms with Crippen molar-refractivity contribution in [1.82, 2.24) is 20.1 Å². The fraction of sp³-hybridized carbons (Fsp3) is 0.294. The van der Waals surface area contributed by atoms with Crippen LogP contribution in [0.1, 0.15) is 28.3 Å². The molecular weight excluding hydrogens is 479 g/mol. The van der Waals surface area contributed by atoms with E-state index in [4.69, 9.17) is 4.52 Å². The number of hydrogen-bond donors (Lipinski definition) is 0. The molecule has 0 bridgehead atoms. The predicted octanol–water partition coefficient (Wildman–Crippen LogP) is 6.18. The van der Waals surface area contributed by atoms with Crippen molar-refractivity contribution in [1.29, 1.82) is 0 Å². The van der Waals surface area contributed by atoms with Crippen LogP contribution in [-0.4, -0.2) is 20.1 Å². The number of nitrogens with zero attached hydrogens (tertiary/aromatic N) is 4. The third-order valence-corrected chi connectivity index (χ3v) is 4.60. The van der Waals surface area contributed by atoms with Crippen LogP contribution in [0.2, 0.25) is 0 Å². The fourth-order valence-corrected chi connectivity index (χ4v) is 3.14. The lowest BCUT2D eigenvalue weighted by molar-refractivity contribution is -0.143. The number of halogens is 9. The second-order valence-corrected chi connectivity index (χ2v) is 7.22. The molecule has 5 nitrogen and oxygen atoms in total. The molecule has 0 amide bonds. The third kappa shape index (κ3) is 5.69. The summed E-state index contributed by atoms with van der Waals surface area (Å²) in [5, 5.41) is 3.16. The van der Waals surface area contributed by atoms with E-state index in [2.05, 4.69) is 20.1 Å². The number of aromatic nitrogens is 4. The maximum atomic E-state index is 13.0. The Morgan fingerprint density at radius 2 is 1.38 bits per heavy atom. The normalized spacial score (nSPS) is 12.9. The number of aryl methyl sites for hydroxylation is 1. The van der Waals surface area contributed by atoms with Gasteiger partial charge in [-0.15, -0.1) is 0 Å². The van der Waals surface area contributed by atoms with Crippen molar-refractivity contribution in [3.05, 3.63) is 52.6 Å². The molecule has 0 fully saturated rings. The molecule has 2 heterocycles. The maximum Gasteiger partial charge on any atom is 0.433 e. The SMILES string of the molecule is Cc1cc(C(F)(F)F)nc(SCc2noc(-c3cc(C(F)(F)F)cc(C(F)(F)F)c3)n2)n1. The van der Waals surface area contributed by atoms with E-state index >= 15 is 0 Å². The van der Waals surface area contributed by atoms with Crippen LogP contribution in [0, 0.1) is 6.92 Å². The molecule has 32 heavy (non-hydrogen) atoms. The van der Waals surface area contributed by atoms with Gasteiger partial charge in [0.2, 0.25) is 0 Å². The average Bonchev–Trinajstić information content (AvgIpc) is 3.12. The first-order valence-corrected chi connectivity index (χ1v) is 9.29. The summed E-state index contributed by atoms with van der Waals surface area (Å²) in [6, 6.07) is 1.52. The van der Waals surface area contributed by atoms with Gasteiger partial charge in [-0.3, -0.25) is 0 Å². The zero-order valence-electron chi connectivity index (χ0n) is 15.5. The van der Waals surface area contributed by atoms with Gasteiger partial charge in [0.15, 0.2) is 11.0 Å². The highest BCUT2D eigenvalue weighted by Crippen LogP contribution is 2.38. The molecule has 0 N–H and O–H groups in total. The molecular formula is C17H9F9N4OS. The summed E-state index contributed by atoms with van der Waals surface area (Å²) in [6.45, 7) is 1.32. The molecule has 0 saturated heterocycles. The fourth-order valence-electron chi connectivity index (χ4n) is 2.39. The van der Waals surface area contributed by atoms with Gasteiger partial charge in [0.05, 0.1) is 16.9 Å². The maximum absolute atomic E-state index is 13.0. The Labute approximate surface area is 177 Å². The summed E-state index contributed by atoms with van der Waals surface area (Å²) < 4.78 is 121. The van der Waals surface area contributed by atoms with Gasteiger partial charge >= 0.3 is 18.5 Å². The van der Waals surface area contributed by atoms with E-state index in [1.807, 2.05) is 0 Å². The summed E-state index contributed by atoms with van der Waals surface area (Å²) in [7, 11) is 0. The van der Waals surface area contributed by atoms with Gasteiger partial charge in [-0.05, 0) is 31.2 Å². The van der Waals surface area contributed by atoms with Crippen LogP contribution >= 0.6 is 11.8 Å². The minimum Gasteiger partial charge on any atom is -0.334 e. The standard InChI is InChI=1S/C17H9F9N4OS/c1-7-2-11(17(24,25)26)28-14(27-7)32-6-12-29-13(31-30-12)8-3-9(15(18,19)20)5-10(4-8)16(21,22)23/h2-5H,6H2,1H3. The van der Waals surface area contributed by atoms with Crippen LogP contribution in [0.25, 0.3) is 11.5 Å². The predicted molar refractivity (Wildman–Crippen MR) is 91.1 cm³/mol. The molecule has 172 valence electrons. The summed E-state index contributed by atoms with van der Waals surface area (Å²) in [4.78, 5) is 10.9. The molecule has 0 spiro atoms. The van der Waals surface area contributed by atoms with Crippen molar-refractivity contribution in [2.75, 3.05) is 0 Å². The second-order valence-electron chi connectivity index (χ2n) is 6.27. The lowest BCUT2D eigenvalue weighted by Gasteiger charge is -2.12. The summed E-state index contributed by atoms with van der Waals surface area (Å²) in [5.74, 6) is -1.08. The monoisotopic (exact) mass is 488 g/mol. The first-order valence-electron chi connectivity index (χ1n) is 8.31. The largest absolute Gasteiger partial charge is 0.433 e. The van der Waals surface area contributed by atoms with E-state index in [0.717, 1.165) is 6.07 Å². The van der Waals surface area contributed by atoms with E-state index in [1.165, 1.54) is 6.92 Å². The van der Waals surface area contributed by atoms with Gasteiger partial charge in [0, 0.05) is 11.3 Å². The highest BCUT2D eigenvalue weighted by Gasteiger charge is 2.37. The van der Waals surface area contributed by atoms with Crippen LogP contribution in [0.5, 0.6) is 0 Å². The Balaban J connectivity index is 1.86. The quantitative estimate of drug-likeness (QED) is 0.248. The van der Waals surface area contributed by atoms with Crippen LogP contribution in [-0.2, 0) is 24.3 Å². The van der Waals surface area contributed by atoms with E-state index in [9.17, 15) is 39.5 Å². The highest BCUT2D eigenvalue weighted by atomic mass is 32.2. The van der Waals surface area contributed by atoms with Gasteiger partial charge in [-0.1, -0.05) is 16.9 Å². The minimum atomic E-state index is -5.06. The van der Waals surface area contributed by atoms with Crippen molar-refractivity contribution in [3.8, 4) is 11.5 Å². The zero-order chi connectivity index (χ0) is 23.9. The average molecular weight is 488 g/mol. The van der Waals surface area contributed by atoms with Crippen molar-refractivity contribution < 1.29 is 44.0 Å². The van der Waals surface area contributed by atoms with Crippen LogP contribution in [0.4, 0.5) is 39.5 Å². The van der Waals surface area contributed by atoms with E-state index in [1.54, 1.807) is 0 Å². The van der Waals surface area contributed by atoms with E-state index in [0.29, 0.717) is 23.9 Å². The minimum absolute atomic E-state index is 0.0345. The topological polar surface area (TPSA) is 64.7 Å². The molecule has 0 radical (unpaired) electrons. The molecule has 0 atom stereocenters. The molecule has 0 saturated carbocycles. The lowest BCUT2D eigenvalue weighted by Crippen LogP contribution is -2.11. The van der Waals surface area contributed by atoms with Gasteiger partial charge in [0.1, 0.15) is 5.69 Å². The van der Waals surface area contributed by atoms with Gasteiger partial charge in [-0.2, -0.15) is 44.5 Å². The molecule has 15 heteroatoms. The Morgan fingerprint density at radius 1 is 0.781 bits per heavy atom. The number of benzene rings is 1. The molecule has 2 aromatic heterocycles. The second kappa shape index (κ2) is 8.26. The Morgan fingerprint density at radius 3 is 1.91 bits per heavy atom. The number of thioether (sulfide) groups is 1. The van der Waals surface area contributed by atoms with Gasteiger partial charge < -0.3 is 4.52 Å². The lowest BCUT2D eigenvalue weighted by atomic mass is 10.0. The van der Waals surface area contributed by atoms with Crippen molar-refractivity contribution in [2.24, 2.45) is 0 Å². The molecule has 0 aliphatic rings. The number of rotatable bonds is 4. The summed E-state index contributed by atoms with van der Waals surface area (Å²) >= 11 is 0.674. The zero-order valence-corrected chi connectivity index (χ0v) is 16.3. The van der Waals surface area contributed by atoms with Gasteiger partial charge in [0.25, 0.3) is 5.89 Å². The molecule has 0 aliphatic heterocycles. The van der Waals surface area contributed by atoms with E-state index < -0.39 is 46.8 Å². The van der Waals surface area contributed by atoms with Crippen molar-refractivity contribution >= 4 is 11.8 Å². The van der Waals surface area contributed by atoms with Crippen molar-refractivity contribution in [3.63, 3.8) is 0 Å². The smallest absolute Gasteiger partial charge is 0.334 e. The summed E-state index contributed by atoms with van der Waals surface area (Å²) in [5.41, 5.74) is -4.90. The summed E-state index contributed by atoms with van der Waals surface area (Å²) in [6.07, 6.45) is -14.8. The molecule has 0 aliphatic carbocycles. The molecule has 0 unspecified atom stereocenters. The molecule has 3 rings (SSSR count). The first kappa shape index (κ1) is 23.8. The Hall–Kier alpha value is -2.84. The van der Waals surface area contributed by atoms with Crippen LogP contribution < -0.4 is 0 Å². The Kier molecular flexibility index (Phi) is 6.14. The first-order chi connectivity index (χ1) is 14.6.